The van der Waals surface area contributed by atoms with E-state index >= 15 is 0 Å². The lowest BCUT2D eigenvalue weighted by Gasteiger charge is -2.16. The van der Waals surface area contributed by atoms with Crippen LogP contribution in [0.1, 0.15) is 42.6 Å². The fourth-order valence-electron chi connectivity index (χ4n) is 3.53. The number of aromatic nitrogens is 1. The van der Waals surface area contributed by atoms with Crippen LogP contribution in [0, 0.1) is 0 Å². The van der Waals surface area contributed by atoms with Gasteiger partial charge in [0.2, 0.25) is 0 Å². The smallest absolute Gasteiger partial charge is 0.378 e. The van der Waals surface area contributed by atoms with E-state index in [2.05, 4.69) is 0 Å². The minimum atomic E-state index is -4.64. The van der Waals surface area contributed by atoms with Crippen LogP contribution >= 0.6 is 0 Å². The Balaban J connectivity index is 1.98. The first-order valence-electron chi connectivity index (χ1n) is 8.20. The van der Waals surface area contributed by atoms with Gasteiger partial charge in [-0.1, -0.05) is 0 Å². The van der Waals surface area contributed by atoms with Crippen LogP contribution in [-0.4, -0.2) is 36.0 Å². The molecule has 2 aliphatic rings. The molecule has 0 spiro atoms. The van der Waals surface area contributed by atoms with Crippen LogP contribution in [-0.2, 0) is 28.5 Å². The van der Waals surface area contributed by atoms with Gasteiger partial charge in [0, 0.05) is 31.7 Å². The van der Waals surface area contributed by atoms with Crippen molar-refractivity contribution in [3.63, 3.8) is 0 Å². The van der Waals surface area contributed by atoms with Gasteiger partial charge in [-0.3, -0.25) is 4.57 Å². The van der Waals surface area contributed by atoms with Gasteiger partial charge in [0.15, 0.2) is 0 Å². The van der Waals surface area contributed by atoms with Gasteiger partial charge in [0.1, 0.15) is 5.69 Å². The van der Waals surface area contributed by atoms with Crippen LogP contribution in [0.5, 0.6) is 0 Å². The average molecular weight is 346 g/mol. The summed E-state index contributed by atoms with van der Waals surface area (Å²) in [5.41, 5.74) is 5.02. The van der Waals surface area contributed by atoms with Gasteiger partial charge in [0.05, 0.1) is 12.2 Å². The first-order valence-corrected chi connectivity index (χ1v) is 8.20. The highest BCUT2D eigenvalue weighted by molar-refractivity contribution is 5.77. The Bertz CT molecular complexity index is 600. The molecular formula is C16H21F3N2O3. The number of primary amides is 1. The van der Waals surface area contributed by atoms with Gasteiger partial charge < -0.3 is 15.2 Å². The van der Waals surface area contributed by atoms with E-state index in [0.29, 0.717) is 35.5 Å². The molecule has 3 heterocycles. The molecule has 2 fully saturated rings. The van der Waals surface area contributed by atoms with Crippen molar-refractivity contribution in [2.24, 2.45) is 5.73 Å². The van der Waals surface area contributed by atoms with Crippen LogP contribution in [0.2, 0.25) is 0 Å². The molecule has 2 N–H and O–H groups in total. The number of hydrogen-bond acceptors (Lipinski definition) is 3. The van der Waals surface area contributed by atoms with Crippen molar-refractivity contribution < 1.29 is 27.4 Å². The van der Waals surface area contributed by atoms with Crippen molar-refractivity contribution in [2.45, 2.75) is 56.9 Å². The summed E-state index contributed by atoms with van der Waals surface area (Å²) >= 11 is 0. The molecule has 2 atom stereocenters. The molecule has 0 aliphatic carbocycles. The van der Waals surface area contributed by atoms with Gasteiger partial charge in [-0.25, -0.2) is 4.79 Å². The highest BCUT2D eigenvalue weighted by atomic mass is 19.4. The topological polar surface area (TPSA) is 66.5 Å². The second kappa shape index (κ2) is 6.76. The minimum absolute atomic E-state index is 0.113. The number of halogens is 3. The van der Waals surface area contributed by atoms with Crippen LogP contribution in [0.25, 0.3) is 0 Å². The number of carbonyl (C=O) groups is 1. The molecule has 2 aliphatic heterocycles. The normalized spacial score (nSPS) is 24.6. The Morgan fingerprint density at radius 1 is 1.17 bits per heavy atom. The lowest BCUT2D eigenvalue weighted by Crippen LogP contribution is -2.28. The quantitative estimate of drug-likeness (QED) is 0.912. The molecule has 1 aromatic rings. The molecule has 3 rings (SSSR count). The molecule has 2 unspecified atom stereocenters. The average Bonchev–Trinajstić information content (AvgIpc) is 3.21. The Kier molecular flexibility index (Phi) is 4.87. The summed E-state index contributed by atoms with van der Waals surface area (Å²) in [6, 6.07) is -0.0783. The summed E-state index contributed by atoms with van der Waals surface area (Å²) in [5.74, 6) is 0. The summed E-state index contributed by atoms with van der Waals surface area (Å²) < 4.78 is 51.7. The molecule has 5 nitrogen and oxygen atoms in total. The number of amides is 1. The zero-order valence-electron chi connectivity index (χ0n) is 13.3. The summed E-state index contributed by atoms with van der Waals surface area (Å²) in [4.78, 5) is 11.7. The van der Waals surface area contributed by atoms with Crippen LogP contribution in [0.4, 0.5) is 18.0 Å². The van der Waals surface area contributed by atoms with E-state index in [1.165, 1.54) is 0 Å². The number of nitrogens with two attached hydrogens (primary N) is 1. The monoisotopic (exact) mass is 346 g/mol. The Labute approximate surface area is 137 Å². The first kappa shape index (κ1) is 17.3. The highest BCUT2D eigenvalue weighted by Gasteiger charge is 2.39. The first-order chi connectivity index (χ1) is 11.4. The van der Waals surface area contributed by atoms with Crippen molar-refractivity contribution >= 4 is 6.03 Å². The van der Waals surface area contributed by atoms with E-state index in [1.54, 1.807) is 0 Å². The molecule has 24 heavy (non-hydrogen) atoms. The molecule has 0 aromatic carbocycles. The lowest BCUT2D eigenvalue weighted by atomic mass is 10.0. The van der Waals surface area contributed by atoms with Crippen LogP contribution < -0.4 is 5.73 Å². The predicted molar refractivity (Wildman–Crippen MR) is 79.8 cm³/mol. The standard InChI is InChI=1S/C16H21F3N2O3/c17-16(18,19)14-8-10(7-11-3-1-5-23-11)13(21(14)15(20)22)9-12-4-2-6-24-12/h8,11-12H,1-7,9H2,(H2,20,22). The van der Waals surface area contributed by atoms with Gasteiger partial charge in [-0.2, -0.15) is 13.2 Å². The van der Waals surface area contributed by atoms with E-state index in [0.717, 1.165) is 31.7 Å². The maximum Gasteiger partial charge on any atom is 0.431 e. The van der Waals surface area contributed by atoms with Crippen molar-refractivity contribution in [3.05, 3.63) is 23.0 Å². The van der Waals surface area contributed by atoms with Gasteiger partial charge >= 0.3 is 12.2 Å². The van der Waals surface area contributed by atoms with Crippen molar-refractivity contribution in [2.75, 3.05) is 13.2 Å². The third kappa shape index (κ3) is 3.59. The van der Waals surface area contributed by atoms with Gasteiger partial charge in [-0.15, -0.1) is 0 Å². The second-order valence-corrected chi connectivity index (χ2v) is 6.35. The SMILES string of the molecule is NC(=O)n1c(C(F)(F)F)cc(CC2CCCO2)c1CC1CCCO1. The molecule has 8 heteroatoms. The molecule has 134 valence electrons. The third-order valence-corrected chi connectivity index (χ3v) is 4.62. The molecule has 1 amide bonds. The summed E-state index contributed by atoms with van der Waals surface area (Å²) in [5, 5.41) is 0. The lowest BCUT2D eigenvalue weighted by molar-refractivity contribution is -0.142. The zero-order chi connectivity index (χ0) is 17.3. The van der Waals surface area contributed by atoms with E-state index in [1.807, 2.05) is 0 Å². The Morgan fingerprint density at radius 2 is 1.75 bits per heavy atom. The van der Waals surface area contributed by atoms with E-state index < -0.39 is 17.9 Å². The van der Waals surface area contributed by atoms with E-state index in [-0.39, 0.29) is 18.6 Å². The number of carbonyl (C=O) groups excluding carboxylic acids is 1. The van der Waals surface area contributed by atoms with Crippen molar-refractivity contribution in [3.8, 4) is 0 Å². The number of hydrogen-bond donors (Lipinski definition) is 1. The maximum atomic E-state index is 13.3. The number of nitrogens with zero attached hydrogens (tertiary/aromatic N) is 1. The van der Waals surface area contributed by atoms with Gasteiger partial charge in [-0.05, 0) is 37.3 Å². The van der Waals surface area contributed by atoms with Crippen molar-refractivity contribution in [1.29, 1.82) is 0 Å². The Morgan fingerprint density at radius 3 is 2.21 bits per heavy atom. The number of alkyl halides is 3. The molecule has 0 bridgehead atoms. The summed E-state index contributed by atoms with van der Waals surface area (Å²) in [6.45, 7) is 1.21. The molecule has 1 aromatic heterocycles. The predicted octanol–water partition coefficient (Wildman–Crippen LogP) is 2.88. The molecular weight excluding hydrogens is 325 g/mol. The summed E-state index contributed by atoms with van der Waals surface area (Å²) in [7, 11) is 0. The van der Waals surface area contributed by atoms with Crippen LogP contribution in [0.3, 0.4) is 0 Å². The molecule has 0 saturated carbocycles. The fraction of sp³-hybridized carbons (Fsp3) is 0.688. The second-order valence-electron chi connectivity index (χ2n) is 6.35. The zero-order valence-corrected chi connectivity index (χ0v) is 13.3. The summed E-state index contributed by atoms with van der Waals surface area (Å²) in [6.07, 6.45) is -0.987. The number of ether oxygens (including phenoxy) is 2. The minimum Gasteiger partial charge on any atom is -0.378 e. The van der Waals surface area contributed by atoms with E-state index in [4.69, 9.17) is 15.2 Å². The largest absolute Gasteiger partial charge is 0.431 e. The molecule has 0 radical (unpaired) electrons. The van der Waals surface area contributed by atoms with E-state index in [9.17, 15) is 18.0 Å². The number of rotatable bonds is 4. The maximum absolute atomic E-state index is 13.3. The van der Waals surface area contributed by atoms with Gasteiger partial charge in [0.25, 0.3) is 0 Å². The third-order valence-electron chi connectivity index (χ3n) is 4.62. The van der Waals surface area contributed by atoms with Crippen LogP contribution in [0.15, 0.2) is 6.07 Å². The van der Waals surface area contributed by atoms with Crippen molar-refractivity contribution in [1.82, 2.24) is 4.57 Å². The molecule has 2 saturated heterocycles. The fourth-order valence-corrected chi connectivity index (χ4v) is 3.53. The Hall–Kier alpha value is -1.54. The highest BCUT2D eigenvalue weighted by Crippen LogP contribution is 2.35.